The maximum Gasteiger partial charge on any atom is 0.270 e. The zero-order chi connectivity index (χ0) is 16.4. The van der Waals surface area contributed by atoms with E-state index in [1.165, 1.54) is 5.69 Å². The summed E-state index contributed by atoms with van der Waals surface area (Å²) in [5, 5.41) is 0. The third-order valence-electron chi connectivity index (χ3n) is 4.42. The Bertz CT molecular complexity index is 708. The molecule has 23 heavy (non-hydrogen) atoms. The average molecular weight is 311 g/mol. The molecule has 0 bridgehead atoms. The van der Waals surface area contributed by atoms with Crippen molar-refractivity contribution >= 4 is 17.9 Å². The number of amides is 1. The largest absolute Gasteiger partial charge is 0.368 e. The van der Waals surface area contributed by atoms with Crippen molar-refractivity contribution < 1.29 is 9.59 Å². The van der Waals surface area contributed by atoms with Crippen LogP contribution in [0.4, 0.5) is 5.69 Å². The number of carbonyl (C=O) groups excluding carboxylic acids is 2. The summed E-state index contributed by atoms with van der Waals surface area (Å²) in [6, 6.07) is 12.0. The third kappa shape index (κ3) is 2.99. The van der Waals surface area contributed by atoms with E-state index in [1.807, 2.05) is 23.1 Å². The second kappa shape index (κ2) is 6.28. The van der Waals surface area contributed by atoms with E-state index in [4.69, 9.17) is 0 Å². The molecule has 1 aliphatic heterocycles. The molecule has 1 aliphatic rings. The van der Waals surface area contributed by atoms with Crippen molar-refractivity contribution in [2.75, 3.05) is 24.5 Å². The van der Waals surface area contributed by atoms with E-state index in [2.05, 4.69) is 28.9 Å². The molecule has 2 heterocycles. The molecular weight excluding hydrogens is 290 g/mol. The highest BCUT2D eigenvalue weighted by Gasteiger charge is 2.29. The molecule has 1 amide bonds. The Labute approximate surface area is 135 Å². The monoisotopic (exact) mass is 311 g/mol. The predicted molar refractivity (Wildman–Crippen MR) is 90.1 cm³/mol. The van der Waals surface area contributed by atoms with Crippen molar-refractivity contribution in [3.63, 3.8) is 0 Å². The summed E-state index contributed by atoms with van der Waals surface area (Å²) in [7, 11) is 0. The molecule has 1 N–H and O–H groups in total. The minimum Gasteiger partial charge on any atom is -0.368 e. The molecule has 0 saturated carbocycles. The summed E-state index contributed by atoms with van der Waals surface area (Å²) in [5.74, 6) is -0.0404. The van der Waals surface area contributed by atoms with Gasteiger partial charge in [-0.15, -0.1) is 0 Å². The summed E-state index contributed by atoms with van der Waals surface area (Å²) in [5.41, 5.74) is 2.96. The molecule has 1 aromatic heterocycles. The number of aromatic nitrogens is 1. The average Bonchev–Trinajstić information content (AvgIpc) is 2.96. The number of aromatic amines is 1. The number of anilines is 1. The number of H-pyrrole nitrogens is 1. The fourth-order valence-corrected chi connectivity index (χ4v) is 3.10. The maximum absolute atomic E-state index is 12.7. The normalized spacial score (nSPS) is 18.1. The molecule has 120 valence electrons. The van der Waals surface area contributed by atoms with Gasteiger partial charge in [0.15, 0.2) is 6.29 Å². The van der Waals surface area contributed by atoms with E-state index in [0.717, 1.165) is 25.1 Å². The summed E-state index contributed by atoms with van der Waals surface area (Å²) in [6.07, 6.45) is 0.777. The Kier molecular flexibility index (Phi) is 4.19. The van der Waals surface area contributed by atoms with E-state index in [0.29, 0.717) is 17.8 Å². The number of rotatable bonds is 3. The van der Waals surface area contributed by atoms with E-state index in [1.54, 1.807) is 13.0 Å². The number of hydrogen-bond donors (Lipinski definition) is 1. The number of carbonyl (C=O) groups is 2. The van der Waals surface area contributed by atoms with Crippen LogP contribution >= 0.6 is 0 Å². The molecule has 0 spiro atoms. The predicted octanol–water partition coefficient (Wildman–Crippen LogP) is 2.49. The highest BCUT2D eigenvalue weighted by Crippen LogP contribution is 2.20. The van der Waals surface area contributed by atoms with E-state index < -0.39 is 0 Å². The lowest BCUT2D eigenvalue weighted by molar-refractivity contribution is 0.0668. The van der Waals surface area contributed by atoms with Gasteiger partial charge in [-0.1, -0.05) is 18.2 Å². The van der Waals surface area contributed by atoms with Gasteiger partial charge in [0.05, 0.1) is 0 Å². The molecule has 1 saturated heterocycles. The number of hydrogen-bond acceptors (Lipinski definition) is 3. The Morgan fingerprint density at radius 3 is 2.61 bits per heavy atom. The van der Waals surface area contributed by atoms with Crippen LogP contribution in [0.2, 0.25) is 0 Å². The zero-order valence-corrected chi connectivity index (χ0v) is 13.5. The number of benzene rings is 1. The van der Waals surface area contributed by atoms with Crippen molar-refractivity contribution in [2.45, 2.75) is 19.9 Å². The van der Waals surface area contributed by atoms with Gasteiger partial charge in [-0.25, -0.2) is 0 Å². The fraction of sp³-hybridized carbons (Fsp3) is 0.333. The molecule has 5 heteroatoms. The van der Waals surface area contributed by atoms with Crippen molar-refractivity contribution in [2.24, 2.45) is 0 Å². The van der Waals surface area contributed by atoms with Crippen molar-refractivity contribution in [3.05, 3.63) is 53.3 Å². The van der Waals surface area contributed by atoms with Crippen LogP contribution in [0, 0.1) is 6.92 Å². The van der Waals surface area contributed by atoms with Gasteiger partial charge in [0.25, 0.3) is 5.91 Å². The van der Waals surface area contributed by atoms with Gasteiger partial charge in [-0.05, 0) is 32.0 Å². The van der Waals surface area contributed by atoms with Gasteiger partial charge in [-0.2, -0.15) is 0 Å². The smallest absolute Gasteiger partial charge is 0.270 e. The summed E-state index contributed by atoms with van der Waals surface area (Å²) >= 11 is 0. The molecule has 0 radical (unpaired) electrons. The Morgan fingerprint density at radius 1 is 1.26 bits per heavy atom. The Hall–Kier alpha value is -2.56. The van der Waals surface area contributed by atoms with Gasteiger partial charge in [0.2, 0.25) is 0 Å². The van der Waals surface area contributed by atoms with Crippen LogP contribution in [-0.2, 0) is 0 Å². The molecule has 0 unspecified atom stereocenters. The van der Waals surface area contributed by atoms with Gasteiger partial charge in [0, 0.05) is 42.6 Å². The van der Waals surface area contributed by atoms with E-state index >= 15 is 0 Å². The second-order valence-corrected chi connectivity index (χ2v) is 6.01. The Balaban J connectivity index is 1.72. The highest BCUT2D eigenvalue weighted by atomic mass is 16.2. The number of nitrogens with zero attached hydrogens (tertiary/aromatic N) is 2. The van der Waals surface area contributed by atoms with Crippen LogP contribution < -0.4 is 4.90 Å². The second-order valence-electron chi connectivity index (χ2n) is 6.01. The van der Waals surface area contributed by atoms with E-state index in [9.17, 15) is 9.59 Å². The van der Waals surface area contributed by atoms with Crippen LogP contribution in [0.5, 0.6) is 0 Å². The van der Waals surface area contributed by atoms with Crippen LogP contribution in [0.25, 0.3) is 0 Å². The molecule has 5 nitrogen and oxygen atoms in total. The van der Waals surface area contributed by atoms with Gasteiger partial charge >= 0.3 is 0 Å². The minimum absolute atomic E-state index is 0.0404. The maximum atomic E-state index is 12.7. The van der Waals surface area contributed by atoms with Gasteiger partial charge in [0.1, 0.15) is 5.69 Å². The first kappa shape index (κ1) is 15.3. The first-order chi connectivity index (χ1) is 11.1. The molecule has 1 fully saturated rings. The highest BCUT2D eigenvalue weighted by molar-refractivity contribution is 5.95. The zero-order valence-electron chi connectivity index (χ0n) is 13.5. The molecule has 1 atom stereocenters. The molecular formula is C18H21N3O2. The van der Waals surface area contributed by atoms with Crippen LogP contribution in [0.1, 0.15) is 33.5 Å². The van der Waals surface area contributed by atoms with Crippen LogP contribution in [0.3, 0.4) is 0 Å². The quantitative estimate of drug-likeness (QED) is 0.886. The standard InChI is InChI=1S/C18H21N3O2/c1-13-11-20(16-6-4-3-5-7-16)8-9-21(13)18(23)17-10-15(12-22)14(2)19-17/h3-7,10,12-13,19H,8-9,11H2,1-2H3/t13-/m0/s1. The lowest BCUT2D eigenvalue weighted by Gasteiger charge is -2.40. The van der Waals surface area contributed by atoms with E-state index in [-0.39, 0.29) is 11.9 Å². The third-order valence-corrected chi connectivity index (χ3v) is 4.42. The van der Waals surface area contributed by atoms with Crippen molar-refractivity contribution in [1.82, 2.24) is 9.88 Å². The molecule has 2 aromatic rings. The van der Waals surface area contributed by atoms with Gasteiger partial charge in [-0.3, -0.25) is 9.59 Å². The summed E-state index contributed by atoms with van der Waals surface area (Å²) < 4.78 is 0. The minimum atomic E-state index is -0.0404. The summed E-state index contributed by atoms with van der Waals surface area (Å²) in [6.45, 7) is 6.14. The summed E-state index contributed by atoms with van der Waals surface area (Å²) in [4.78, 5) is 30.8. The number of nitrogens with one attached hydrogen (secondary N) is 1. The van der Waals surface area contributed by atoms with Crippen LogP contribution in [0.15, 0.2) is 36.4 Å². The number of para-hydroxylation sites is 1. The number of aldehydes is 1. The van der Waals surface area contributed by atoms with Crippen molar-refractivity contribution in [1.29, 1.82) is 0 Å². The lowest BCUT2D eigenvalue weighted by Crippen LogP contribution is -2.54. The molecule has 1 aromatic carbocycles. The Morgan fingerprint density at radius 2 is 2.00 bits per heavy atom. The first-order valence-corrected chi connectivity index (χ1v) is 7.86. The number of aryl methyl sites for hydroxylation is 1. The van der Waals surface area contributed by atoms with Crippen molar-refractivity contribution in [3.8, 4) is 0 Å². The van der Waals surface area contributed by atoms with Crippen LogP contribution in [-0.4, -0.2) is 47.8 Å². The SMILES string of the molecule is Cc1[nH]c(C(=O)N2CCN(c3ccccc3)C[C@@H]2C)cc1C=O. The number of piperazine rings is 1. The first-order valence-electron chi connectivity index (χ1n) is 7.86. The fourth-order valence-electron chi connectivity index (χ4n) is 3.10. The molecule has 0 aliphatic carbocycles. The lowest BCUT2D eigenvalue weighted by atomic mass is 10.1. The molecule has 3 rings (SSSR count). The topological polar surface area (TPSA) is 56.4 Å². The van der Waals surface area contributed by atoms with Gasteiger partial charge < -0.3 is 14.8 Å².